The average molecular weight is 382 g/mol. The Labute approximate surface area is 159 Å². The predicted molar refractivity (Wildman–Crippen MR) is 104 cm³/mol. The van der Waals surface area contributed by atoms with E-state index in [0.29, 0.717) is 18.0 Å². The lowest BCUT2D eigenvalue weighted by Crippen LogP contribution is -2.42. The van der Waals surface area contributed by atoms with E-state index >= 15 is 0 Å². The van der Waals surface area contributed by atoms with Gasteiger partial charge < -0.3 is 5.32 Å². The van der Waals surface area contributed by atoms with Gasteiger partial charge in [0.1, 0.15) is 0 Å². The fourth-order valence-electron chi connectivity index (χ4n) is 4.68. The average Bonchev–Trinajstić information content (AvgIpc) is 2.90. The molecule has 3 rings (SSSR count). The zero-order valence-corrected chi connectivity index (χ0v) is 16.3. The van der Waals surface area contributed by atoms with Gasteiger partial charge in [0.25, 0.3) is 0 Å². The molecule has 1 aromatic rings. The number of halogens is 2. The fourth-order valence-corrected chi connectivity index (χ4v) is 5.14. The van der Waals surface area contributed by atoms with Crippen molar-refractivity contribution in [2.75, 3.05) is 11.6 Å². The number of alkyl halides is 2. The molecule has 0 saturated heterocycles. The summed E-state index contributed by atoms with van der Waals surface area (Å²) in [6, 6.07) is 7.60. The van der Waals surface area contributed by atoms with Crippen molar-refractivity contribution in [3.05, 3.63) is 24.3 Å². The standard InChI is InChI=1S/C21H29F2NOS/c1-26-17-10-6-9-16(13-17)24-20(25)19-14-21(22,23)12-11-18(19)15-7-4-2-3-5-8-15/h6,9-10,13,15,18-19H,2-5,7-8,11-12,14H2,1H3,(H,24,25)/t18?,19-/m1/s1. The molecule has 2 aliphatic rings. The third-order valence-corrected chi connectivity index (χ3v) is 6.78. The number of hydrogen-bond donors (Lipinski definition) is 1. The lowest BCUT2D eigenvalue weighted by molar-refractivity contribution is -0.134. The highest BCUT2D eigenvalue weighted by molar-refractivity contribution is 7.98. The molecule has 0 aliphatic heterocycles. The largest absolute Gasteiger partial charge is 0.326 e. The van der Waals surface area contributed by atoms with Gasteiger partial charge >= 0.3 is 0 Å². The molecule has 2 fully saturated rings. The summed E-state index contributed by atoms with van der Waals surface area (Å²) in [5.41, 5.74) is 0.704. The molecule has 5 heteroatoms. The van der Waals surface area contributed by atoms with Crippen molar-refractivity contribution in [3.8, 4) is 0 Å². The number of rotatable bonds is 4. The third-order valence-electron chi connectivity index (χ3n) is 6.06. The van der Waals surface area contributed by atoms with Crippen molar-refractivity contribution in [3.63, 3.8) is 0 Å². The van der Waals surface area contributed by atoms with E-state index in [-0.39, 0.29) is 24.7 Å². The number of carbonyl (C=O) groups excluding carboxylic acids is 1. The minimum Gasteiger partial charge on any atom is -0.326 e. The van der Waals surface area contributed by atoms with Gasteiger partial charge in [-0.3, -0.25) is 4.79 Å². The van der Waals surface area contributed by atoms with Gasteiger partial charge in [-0.05, 0) is 42.7 Å². The Hall–Kier alpha value is -1.10. The molecule has 1 aromatic carbocycles. The zero-order chi connectivity index (χ0) is 18.6. The van der Waals surface area contributed by atoms with Gasteiger partial charge in [-0.2, -0.15) is 0 Å². The third kappa shape index (κ3) is 4.99. The van der Waals surface area contributed by atoms with E-state index in [0.717, 1.165) is 17.7 Å². The summed E-state index contributed by atoms with van der Waals surface area (Å²) in [6.07, 6.45) is 9.05. The second-order valence-corrected chi connectivity index (χ2v) is 8.72. The molecule has 2 atom stereocenters. The van der Waals surface area contributed by atoms with E-state index in [1.165, 1.54) is 25.7 Å². The molecule has 2 nitrogen and oxygen atoms in total. The van der Waals surface area contributed by atoms with Gasteiger partial charge in [-0.1, -0.05) is 44.6 Å². The van der Waals surface area contributed by atoms with Crippen LogP contribution in [0.3, 0.4) is 0 Å². The Kier molecular flexibility index (Phi) is 6.60. The van der Waals surface area contributed by atoms with Crippen LogP contribution in [0, 0.1) is 17.8 Å². The minimum absolute atomic E-state index is 0.0695. The zero-order valence-electron chi connectivity index (χ0n) is 15.5. The molecule has 2 saturated carbocycles. The first-order valence-electron chi connectivity index (χ1n) is 9.81. The number of hydrogen-bond acceptors (Lipinski definition) is 2. The molecule has 26 heavy (non-hydrogen) atoms. The number of amides is 1. The van der Waals surface area contributed by atoms with Crippen LogP contribution in [-0.2, 0) is 4.79 Å². The van der Waals surface area contributed by atoms with Crippen LogP contribution in [0.4, 0.5) is 14.5 Å². The number of thioether (sulfide) groups is 1. The minimum atomic E-state index is -2.72. The van der Waals surface area contributed by atoms with Crippen LogP contribution in [0.15, 0.2) is 29.2 Å². The summed E-state index contributed by atoms with van der Waals surface area (Å²) in [6.45, 7) is 0. The predicted octanol–water partition coefficient (Wildman–Crippen LogP) is 6.37. The molecule has 144 valence electrons. The monoisotopic (exact) mass is 381 g/mol. The van der Waals surface area contributed by atoms with E-state index in [9.17, 15) is 13.6 Å². The second kappa shape index (κ2) is 8.73. The van der Waals surface area contributed by atoms with Crippen molar-refractivity contribution in [1.29, 1.82) is 0 Å². The summed E-state index contributed by atoms with van der Waals surface area (Å²) in [5, 5.41) is 2.92. The fraction of sp³-hybridized carbons (Fsp3) is 0.667. The quantitative estimate of drug-likeness (QED) is 0.485. The SMILES string of the molecule is CSc1cccc(NC(=O)[C@@H]2CC(F)(F)CCC2C2CCCCCC2)c1. The Morgan fingerprint density at radius 1 is 1.15 bits per heavy atom. The van der Waals surface area contributed by atoms with Crippen molar-refractivity contribution in [2.45, 2.75) is 68.6 Å². The Morgan fingerprint density at radius 3 is 2.58 bits per heavy atom. The van der Waals surface area contributed by atoms with Crippen LogP contribution in [0.2, 0.25) is 0 Å². The highest BCUT2D eigenvalue weighted by Gasteiger charge is 2.46. The van der Waals surface area contributed by atoms with Crippen LogP contribution in [0.5, 0.6) is 0 Å². The highest BCUT2D eigenvalue weighted by Crippen LogP contribution is 2.46. The Morgan fingerprint density at radius 2 is 1.88 bits per heavy atom. The molecule has 0 spiro atoms. The van der Waals surface area contributed by atoms with Gasteiger partial charge in [0, 0.05) is 29.3 Å². The number of anilines is 1. The maximum atomic E-state index is 14.1. The summed E-state index contributed by atoms with van der Waals surface area (Å²) in [4.78, 5) is 14.0. The molecule has 0 radical (unpaired) electrons. The Balaban J connectivity index is 1.75. The van der Waals surface area contributed by atoms with E-state index in [4.69, 9.17) is 0 Å². The molecule has 2 aliphatic carbocycles. The van der Waals surface area contributed by atoms with Crippen molar-refractivity contribution in [2.24, 2.45) is 17.8 Å². The van der Waals surface area contributed by atoms with Gasteiger partial charge in [0.05, 0.1) is 0 Å². The first-order valence-corrected chi connectivity index (χ1v) is 11.0. The molecule has 0 aromatic heterocycles. The maximum absolute atomic E-state index is 14.1. The lowest BCUT2D eigenvalue weighted by Gasteiger charge is -2.39. The molecule has 0 heterocycles. The van der Waals surface area contributed by atoms with E-state index in [1.807, 2.05) is 30.5 Å². The van der Waals surface area contributed by atoms with Gasteiger partial charge in [0.2, 0.25) is 11.8 Å². The van der Waals surface area contributed by atoms with Crippen LogP contribution < -0.4 is 5.32 Å². The lowest BCUT2D eigenvalue weighted by atomic mass is 9.68. The molecular formula is C21H29F2NOS. The van der Waals surface area contributed by atoms with Crippen LogP contribution in [-0.4, -0.2) is 18.1 Å². The summed E-state index contributed by atoms with van der Waals surface area (Å²) >= 11 is 1.60. The van der Waals surface area contributed by atoms with Gasteiger partial charge in [-0.15, -0.1) is 11.8 Å². The van der Waals surface area contributed by atoms with E-state index in [2.05, 4.69) is 5.32 Å². The number of nitrogens with one attached hydrogen (secondary N) is 1. The highest BCUT2D eigenvalue weighted by atomic mass is 32.2. The summed E-state index contributed by atoms with van der Waals surface area (Å²) in [7, 11) is 0. The number of benzene rings is 1. The molecule has 1 unspecified atom stereocenters. The van der Waals surface area contributed by atoms with E-state index in [1.54, 1.807) is 11.8 Å². The van der Waals surface area contributed by atoms with Crippen molar-refractivity contribution < 1.29 is 13.6 Å². The van der Waals surface area contributed by atoms with Gasteiger partial charge in [0.15, 0.2) is 0 Å². The van der Waals surface area contributed by atoms with Crippen molar-refractivity contribution in [1.82, 2.24) is 0 Å². The van der Waals surface area contributed by atoms with Crippen LogP contribution in [0.1, 0.15) is 57.8 Å². The van der Waals surface area contributed by atoms with Crippen molar-refractivity contribution >= 4 is 23.4 Å². The first-order chi connectivity index (χ1) is 12.5. The Bertz CT molecular complexity index is 614. The molecule has 1 N–H and O–H groups in total. The first kappa shape index (κ1) is 19.7. The normalized spacial score (nSPS) is 26.9. The van der Waals surface area contributed by atoms with Crippen LogP contribution >= 0.6 is 11.8 Å². The van der Waals surface area contributed by atoms with E-state index < -0.39 is 11.8 Å². The molecular weight excluding hydrogens is 352 g/mol. The smallest absolute Gasteiger partial charge is 0.248 e. The topological polar surface area (TPSA) is 29.1 Å². The summed E-state index contributed by atoms with van der Waals surface area (Å²) < 4.78 is 28.2. The number of carbonyl (C=O) groups is 1. The summed E-state index contributed by atoms with van der Waals surface area (Å²) in [5.74, 6) is -3.01. The second-order valence-electron chi connectivity index (χ2n) is 7.84. The van der Waals surface area contributed by atoms with Crippen LogP contribution in [0.25, 0.3) is 0 Å². The van der Waals surface area contributed by atoms with Gasteiger partial charge in [-0.25, -0.2) is 8.78 Å². The molecule has 0 bridgehead atoms. The molecule has 1 amide bonds. The maximum Gasteiger partial charge on any atom is 0.248 e.